The lowest BCUT2D eigenvalue weighted by atomic mass is 9.95. The first-order valence-corrected chi connectivity index (χ1v) is 6.66. The standard InChI is InChI=1S/C13H21NO3S/c1-13(2,3)11-6-5-10(18-11)9(14)7-17-8-12(15)16-4/h5-6,9H,7-8,14H2,1-4H3. The number of rotatable bonds is 5. The molecule has 0 aliphatic heterocycles. The van der Waals surface area contributed by atoms with Crippen LogP contribution in [0.25, 0.3) is 0 Å². The average Bonchev–Trinajstić information content (AvgIpc) is 2.77. The SMILES string of the molecule is COC(=O)COCC(N)c1ccc(C(C)(C)C)s1. The predicted molar refractivity (Wildman–Crippen MR) is 72.8 cm³/mol. The van der Waals surface area contributed by atoms with E-state index in [9.17, 15) is 4.79 Å². The Morgan fingerprint density at radius 3 is 2.61 bits per heavy atom. The summed E-state index contributed by atoms with van der Waals surface area (Å²) in [5, 5.41) is 0. The van der Waals surface area contributed by atoms with Gasteiger partial charge in [0, 0.05) is 9.75 Å². The van der Waals surface area contributed by atoms with Gasteiger partial charge in [-0.05, 0) is 17.5 Å². The molecule has 0 bridgehead atoms. The fraction of sp³-hybridized carbons (Fsp3) is 0.615. The van der Waals surface area contributed by atoms with Gasteiger partial charge in [-0.3, -0.25) is 0 Å². The normalized spacial score (nSPS) is 13.4. The largest absolute Gasteiger partial charge is 0.467 e. The van der Waals surface area contributed by atoms with E-state index < -0.39 is 0 Å². The number of thiophene rings is 1. The second kappa shape index (κ2) is 6.31. The van der Waals surface area contributed by atoms with Crippen molar-refractivity contribution in [3.05, 3.63) is 21.9 Å². The highest BCUT2D eigenvalue weighted by Gasteiger charge is 2.18. The Morgan fingerprint density at radius 1 is 1.44 bits per heavy atom. The van der Waals surface area contributed by atoms with Crippen LogP contribution in [0.1, 0.15) is 36.6 Å². The molecular weight excluding hydrogens is 250 g/mol. The van der Waals surface area contributed by atoms with Crippen molar-refractivity contribution in [1.82, 2.24) is 0 Å². The molecule has 18 heavy (non-hydrogen) atoms. The fourth-order valence-corrected chi connectivity index (χ4v) is 2.42. The Labute approximate surface area is 112 Å². The molecule has 0 aliphatic carbocycles. The summed E-state index contributed by atoms with van der Waals surface area (Å²) < 4.78 is 9.69. The molecule has 0 fully saturated rings. The maximum Gasteiger partial charge on any atom is 0.331 e. The molecule has 1 aromatic rings. The van der Waals surface area contributed by atoms with Crippen LogP contribution in [0, 0.1) is 0 Å². The lowest BCUT2D eigenvalue weighted by Crippen LogP contribution is -2.19. The van der Waals surface area contributed by atoms with E-state index >= 15 is 0 Å². The molecule has 1 aromatic heterocycles. The zero-order chi connectivity index (χ0) is 13.8. The molecule has 1 rings (SSSR count). The molecule has 4 nitrogen and oxygen atoms in total. The number of methoxy groups -OCH3 is 1. The Hall–Kier alpha value is -0.910. The maximum absolute atomic E-state index is 10.9. The maximum atomic E-state index is 10.9. The van der Waals surface area contributed by atoms with Crippen molar-refractivity contribution >= 4 is 17.3 Å². The minimum atomic E-state index is -0.385. The third-order valence-electron chi connectivity index (χ3n) is 2.48. The summed E-state index contributed by atoms with van der Waals surface area (Å²) in [5.74, 6) is -0.385. The molecule has 1 atom stereocenters. The van der Waals surface area contributed by atoms with Crippen LogP contribution in [-0.2, 0) is 19.7 Å². The molecule has 0 saturated carbocycles. The van der Waals surface area contributed by atoms with Crippen LogP contribution in [0.2, 0.25) is 0 Å². The van der Waals surface area contributed by atoms with Gasteiger partial charge in [-0.15, -0.1) is 11.3 Å². The number of carbonyl (C=O) groups is 1. The molecule has 0 aromatic carbocycles. The Balaban J connectivity index is 2.49. The van der Waals surface area contributed by atoms with Gasteiger partial charge in [0.05, 0.1) is 19.8 Å². The molecule has 1 unspecified atom stereocenters. The monoisotopic (exact) mass is 271 g/mol. The van der Waals surface area contributed by atoms with E-state index in [1.807, 2.05) is 6.07 Å². The summed E-state index contributed by atoms with van der Waals surface area (Å²) in [7, 11) is 1.33. The van der Waals surface area contributed by atoms with Gasteiger partial charge in [0.15, 0.2) is 0 Å². The highest BCUT2D eigenvalue weighted by molar-refractivity contribution is 7.12. The average molecular weight is 271 g/mol. The van der Waals surface area contributed by atoms with Crippen molar-refractivity contribution in [1.29, 1.82) is 0 Å². The van der Waals surface area contributed by atoms with Crippen LogP contribution in [0.5, 0.6) is 0 Å². The minimum Gasteiger partial charge on any atom is -0.467 e. The van der Waals surface area contributed by atoms with Crippen LogP contribution in [-0.4, -0.2) is 26.3 Å². The Morgan fingerprint density at radius 2 is 2.11 bits per heavy atom. The summed E-state index contributed by atoms with van der Waals surface area (Å²) in [6.45, 7) is 6.77. The zero-order valence-electron chi connectivity index (χ0n) is 11.4. The minimum absolute atomic E-state index is 0.0539. The third kappa shape index (κ3) is 4.40. The molecule has 2 N–H and O–H groups in total. The van der Waals surface area contributed by atoms with Crippen molar-refractivity contribution in [2.24, 2.45) is 5.73 Å². The smallest absolute Gasteiger partial charge is 0.331 e. The van der Waals surface area contributed by atoms with Gasteiger partial charge < -0.3 is 15.2 Å². The van der Waals surface area contributed by atoms with Crippen molar-refractivity contribution in [2.45, 2.75) is 32.2 Å². The van der Waals surface area contributed by atoms with Crippen LogP contribution in [0.15, 0.2) is 12.1 Å². The molecule has 102 valence electrons. The first kappa shape index (κ1) is 15.1. The van der Waals surface area contributed by atoms with Gasteiger partial charge in [0.1, 0.15) is 6.61 Å². The second-order valence-electron chi connectivity index (χ2n) is 5.15. The highest BCUT2D eigenvalue weighted by atomic mass is 32.1. The quantitative estimate of drug-likeness (QED) is 0.834. The van der Waals surface area contributed by atoms with Gasteiger partial charge in [-0.25, -0.2) is 4.79 Å². The number of nitrogens with two attached hydrogens (primary N) is 1. The van der Waals surface area contributed by atoms with Gasteiger partial charge in [0.25, 0.3) is 0 Å². The molecule has 0 spiro atoms. The zero-order valence-corrected chi connectivity index (χ0v) is 12.2. The van der Waals surface area contributed by atoms with Crippen molar-refractivity contribution in [3.8, 4) is 0 Å². The third-order valence-corrected chi connectivity index (χ3v) is 4.12. The van der Waals surface area contributed by atoms with Gasteiger partial charge in [0.2, 0.25) is 0 Å². The molecular formula is C13H21NO3S. The van der Waals surface area contributed by atoms with Gasteiger partial charge >= 0.3 is 5.97 Å². The Bertz CT molecular complexity index is 395. The molecule has 1 heterocycles. The summed E-state index contributed by atoms with van der Waals surface area (Å²) in [5.41, 5.74) is 6.15. The van der Waals surface area contributed by atoms with Crippen molar-refractivity contribution in [2.75, 3.05) is 20.3 Å². The van der Waals surface area contributed by atoms with E-state index in [2.05, 4.69) is 31.6 Å². The van der Waals surface area contributed by atoms with Gasteiger partial charge in [-0.1, -0.05) is 20.8 Å². The van der Waals surface area contributed by atoms with Crippen LogP contribution < -0.4 is 5.73 Å². The van der Waals surface area contributed by atoms with E-state index in [0.29, 0.717) is 6.61 Å². The predicted octanol–water partition coefficient (Wildman–Crippen LogP) is 2.24. The molecule has 0 radical (unpaired) electrons. The number of carbonyl (C=O) groups excluding carboxylic acids is 1. The highest BCUT2D eigenvalue weighted by Crippen LogP contribution is 2.31. The molecule has 0 saturated heterocycles. The summed E-state index contributed by atoms with van der Waals surface area (Å²) in [4.78, 5) is 13.2. The van der Waals surface area contributed by atoms with E-state index in [1.54, 1.807) is 11.3 Å². The summed E-state index contributed by atoms with van der Waals surface area (Å²) in [6.07, 6.45) is 0. The lowest BCUT2D eigenvalue weighted by molar-refractivity contribution is -0.146. The van der Waals surface area contributed by atoms with Crippen molar-refractivity contribution in [3.63, 3.8) is 0 Å². The van der Waals surface area contributed by atoms with Crippen molar-refractivity contribution < 1.29 is 14.3 Å². The Kier molecular flexibility index (Phi) is 5.31. The van der Waals surface area contributed by atoms with Gasteiger partial charge in [-0.2, -0.15) is 0 Å². The van der Waals surface area contributed by atoms with Crippen LogP contribution in [0.4, 0.5) is 0 Å². The lowest BCUT2D eigenvalue weighted by Gasteiger charge is -2.16. The first-order chi connectivity index (χ1) is 8.34. The molecule has 5 heteroatoms. The van der Waals surface area contributed by atoms with Crippen LogP contribution in [0.3, 0.4) is 0 Å². The molecule has 0 aliphatic rings. The summed E-state index contributed by atoms with van der Waals surface area (Å²) >= 11 is 1.69. The van der Waals surface area contributed by atoms with Crippen LogP contribution >= 0.6 is 11.3 Å². The first-order valence-electron chi connectivity index (χ1n) is 5.85. The van der Waals surface area contributed by atoms with E-state index in [4.69, 9.17) is 10.5 Å². The number of hydrogen-bond acceptors (Lipinski definition) is 5. The van der Waals surface area contributed by atoms with E-state index in [0.717, 1.165) is 4.88 Å². The topological polar surface area (TPSA) is 61.5 Å². The number of esters is 1. The summed E-state index contributed by atoms with van der Waals surface area (Å²) in [6, 6.07) is 3.92. The van der Waals surface area contributed by atoms with E-state index in [-0.39, 0.29) is 24.0 Å². The fourth-order valence-electron chi connectivity index (χ4n) is 1.37. The second-order valence-corrected chi connectivity index (χ2v) is 6.27. The number of ether oxygens (including phenoxy) is 2. The molecule has 0 amide bonds. The van der Waals surface area contributed by atoms with E-state index in [1.165, 1.54) is 12.0 Å². The number of hydrogen-bond donors (Lipinski definition) is 1.